The minimum atomic E-state index is -5.64. The molecule has 0 saturated carbocycles. The molecule has 0 amide bonds. The smallest absolute Gasteiger partial charge is 0.359 e. The van der Waals surface area contributed by atoms with Crippen molar-refractivity contribution >= 4 is 54.0 Å². The van der Waals surface area contributed by atoms with Gasteiger partial charge < -0.3 is 9.47 Å². The lowest BCUT2D eigenvalue weighted by atomic mass is 9.91. The Morgan fingerprint density at radius 1 is 0.778 bits per heavy atom. The van der Waals surface area contributed by atoms with Gasteiger partial charge in [-0.1, -0.05) is 36.4 Å². The summed E-state index contributed by atoms with van der Waals surface area (Å²) < 4.78 is 104. The van der Waals surface area contributed by atoms with Crippen LogP contribution in [0.15, 0.2) is 48.5 Å². The van der Waals surface area contributed by atoms with Crippen LogP contribution in [0.1, 0.15) is 33.9 Å². The number of halogens is 6. The first-order chi connectivity index (χ1) is 16.9. The highest BCUT2D eigenvalue weighted by Crippen LogP contribution is 2.67. The summed E-state index contributed by atoms with van der Waals surface area (Å²) in [7, 11) is 1.37. The third-order valence-electron chi connectivity index (χ3n) is 6.37. The van der Waals surface area contributed by atoms with E-state index < -0.39 is 35.0 Å². The summed E-state index contributed by atoms with van der Waals surface area (Å²) in [6.07, 6.45) is -0.884. The Balaban J connectivity index is 1.95. The molecule has 0 N–H and O–H groups in total. The van der Waals surface area contributed by atoms with Gasteiger partial charge in [-0.3, -0.25) is 0 Å². The first-order valence-corrected chi connectivity index (χ1v) is 12.6. The van der Waals surface area contributed by atoms with Gasteiger partial charge in [0.05, 0.1) is 6.10 Å². The molecule has 0 spiro atoms. The van der Waals surface area contributed by atoms with E-state index in [2.05, 4.69) is 0 Å². The Labute approximate surface area is 210 Å². The molecule has 2 heterocycles. The Morgan fingerprint density at radius 2 is 1.28 bits per heavy atom. The molecular formula is C26H20F6O2S2. The van der Waals surface area contributed by atoms with E-state index in [4.69, 9.17) is 9.47 Å². The zero-order chi connectivity index (χ0) is 26.0. The molecule has 1 aliphatic rings. The molecule has 1 unspecified atom stereocenters. The zero-order valence-electron chi connectivity index (χ0n) is 19.3. The van der Waals surface area contributed by atoms with E-state index >= 15 is 26.3 Å². The molecule has 0 radical (unpaired) electrons. The maximum absolute atomic E-state index is 15.7. The number of fused-ring (bicyclic) bond motifs is 2. The number of hydrogen-bond acceptors (Lipinski definition) is 4. The van der Waals surface area contributed by atoms with Crippen molar-refractivity contribution in [2.45, 2.75) is 37.7 Å². The van der Waals surface area contributed by atoms with E-state index in [0.717, 1.165) is 22.7 Å². The van der Waals surface area contributed by atoms with E-state index in [-0.39, 0.29) is 38.4 Å². The molecule has 0 fully saturated rings. The molecular weight excluding hydrogens is 522 g/mol. The van der Waals surface area contributed by atoms with Crippen molar-refractivity contribution in [3.63, 3.8) is 0 Å². The third-order valence-corrected chi connectivity index (χ3v) is 8.78. The van der Waals surface area contributed by atoms with Gasteiger partial charge >= 0.3 is 17.8 Å². The quantitative estimate of drug-likeness (QED) is 0.179. The maximum Gasteiger partial charge on any atom is 0.380 e. The average Bonchev–Trinajstić information content (AvgIpc) is 3.40. The molecule has 0 bridgehead atoms. The van der Waals surface area contributed by atoms with Gasteiger partial charge in [-0.05, 0) is 26.0 Å². The fraction of sp³-hybridized carbons (Fsp3) is 0.308. The van der Waals surface area contributed by atoms with Gasteiger partial charge in [0.25, 0.3) is 0 Å². The predicted octanol–water partition coefficient (Wildman–Crippen LogP) is 8.94. The lowest BCUT2D eigenvalue weighted by Gasteiger charge is -2.26. The molecule has 5 rings (SSSR count). The highest BCUT2D eigenvalue weighted by Gasteiger charge is 2.80. The van der Waals surface area contributed by atoms with Crippen LogP contribution in [-0.4, -0.2) is 31.7 Å². The topological polar surface area (TPSA) is 18.5 Å². The van der Waals surface area contributed by atoms with E-state index in [9.17, 15) is 0 Å². The van der Waals surface area contributed by atoms with Gasteiger partial charge in [-0.15, -0.1) is 22.7 Å². The maximum atomic E-state index is 15.7. The molecule has 2 nitrogen and oxygen atoms in total. The summed E-state index contributed by atoms with van der Waals surface area (Å²) in [4.78, 5) is 0.396. The molecule has 10 heteroatoms. The molecule has 190 valence electrons. The minimum absolute atomic E-state index is 0.145. The predicted molar refractivity (Wildman–Crippen MR) is 131 cm³/mol. The number of alkyl halides is 6. The SMILES string of the molecule is COCOC(C)c1sc2ccccc2c1C1=C(c2c(C)sc3ccccc23)C(F)(F)C(F)(F)C1(F)F. The van der Waals surface area contributed by atoms with Crippen LogP contribution in [0.3, 0.4) is 0 Å². The van der Waals surface area contributed by atoms with Crippen molar-refractivity contribution in [2.24, 2.45) is 0 Å². The van der Waals surface area contributed by atoms with Crippen molar-refractivity contribution in [1.29, 1.82) is 0 Å². The molecule has 0 aliphatic heterocycles. The highest BCUT2D eigenvalue weighted by molar-refractivity contribution is 7.19. The molecule has 36 heavy (non-hydrogen) atoms. The number of rotatable bonds is 6. The third kappa shape index (κ3) is 3.38. The van der Waals surface area contributed by atoms with Crippen molar-refractivity contribution < 1.29 is 35.8 Å². The molecule has 2 aromatic heterocycles. The lowest BCUT2D eigenvalue weighted by Crippen LogP contribution is -2.49. The number of benzene rings is 2. The van der Waals surface area contributed by atoms with Crippen molar-refractivity contribution in [3.05, 3.63) is 69.4 Å². The van der Waals surface area contributed by atoms with Crippen LogP contribution in [-0.2, 0) is 9.47 Å². The molecule has 4 aromatic rings. The van der Waals surface area contributed by atoms with Crippen molar-refractivity contribution in [2.75, 3.05) is 13.9 Å². The average molecular weight is 543 g/mol. The summed E-state index contributed by atoms with van der Waals surface area (Å²) in [6.45, 7) is 2.83. The largest absolute Gasteiger partial charge is 0.380 e. The number of aryl methyl sites for hydroxylation is 1. The molecule has 1 atom stereocenters. The normalized spacial score (nSPS) is 19.5. The number of allylic oxidation sites excluding steroid dienone is 2. The first kappa shape index (κ1) is 25.3. The standard InChI is InChI=1S/C26H20F6O2S2/c1-13(34-12-33-3)23-20(16-9-5-7-11-18(16)36-23)22-21(24(27,28)26(31,32)25(22,29)30)19-14(2)35-17-10-6-4-8-15(17)19/h4-11,13H,12H2,1-3H3. The Hall–Kier alpha value is -2.40. The Bertz CT molecular complexity index is 1500. The fourth-order valence-electron chi connectivity index (χ4n) is 4.72. The van der Waals surface area contributed by atoms with Gasteiger partial charge in [0, 0.05) is 59.3 Å². The number of hydrogen-bond donors (Lipinski definition) is 0. The summed E-state index contributed by atoms with van der Waals surface area (Å²) in [5.41, 5.74) is -3.31. The van der Waals surface area contributed by atoms with Crippen LogP contribution in [0.5, 0.6) is 0 Å². The van der Waals surface area contributed by atoms with Gasteiger partial charge in [-0.25, -0.2) is 0 Å². The number of thiophene rings is 2. The van der Waals surface area contributed by atoms with E-state index in [0.29, 0.717) is 9.40 Å². The summed E-state index contributed by atoms with van der Waals surface area (Å²) in [6, 6.07) is 12.7. The zero-order valence-corrected chi connectivity index (χ0v) is 20.9. The van der Waals surface area contributed by atoms with Gasteiger partial charge in [0.1, 0.15) is 6.79 Å². The van der Waals surface area contributed by atoms with Gasteiger partial charge in [-0.2, -0.15) is 26.3 Å². The van der Waals surface area contributed by atoms with Crippen molar-refractivity contribution in [1.82, 2.24) is 0 Å². The Kier molecular flexibility index (Phi) is 6.02. The van der Waals surface area contributed by atoms with Gasteiger partial charge in [0.15, 0.2) is 0 Å². The molecule has 0 saturated heterocycles. The lowest BCUT2D eigenvalue weighted by molar-refractivity contribution is -0.254. The second-order valence-electron chi connectivity index (χ2n) is 8.56. The molecule has 1 aliphatic carbocycles. The second kappa shape index (κ2) is 8.58. The highest BCUT2D eigenvalue weighted by atomic mass is 32.1. The summed E-state index contributed by atoms with van der Waals surface area (Å²) in [5.74, 6) is -15.9. The van der Waals surface area contributed by atoms with Crippen LogP contribution in [0.4, 0.5) is 26.3 Å². The van der Waals surface area contributed by atoms with E-state index in [1.807, 2.05) is 0 Å². The monoisotopic (exact) mass is 542 g/mol. The van der Waals surface area contributed by atoms with Crippen LogP contribution >= 0.6 is 22.7 Å². The summed E-state index contributed by atoms with van der Waals surface area (Å²) in [5, 5.41) is 0.411. The van der Waals surface area contributed by atoms with E-state index in [1.54, 1.807) is 43.3 Å². The van der Waals surface area contributed by atoms with Crippen molar-refractivity contribution in [3.8, 4) is 0 Å². The Morgan fingerprint density at radius 3 is 1.86 bits per heavy atom. The first-order valence-electron chi connectivity index (χ1n) is 10.9. The second-order valence-corrected chi connectivity index (χ2v) is 10.9. The fourth-order valence-corrected chi connectivity index (χ4v) is 7.00. The number of ether oxygens (including phenoxy) is 2. The van der Waals surface area contributed by atoms with Crippen LogP contribution in [0, 0.1) is 6.92 Å². The van der Waals surface area contributed by atoms with E-state index in [1.165, 1.54) is 26.2 Å². The van der Waals surface area contributed by atoms with Crippen LogP contribution < -0.4 is 0 Å². The minimum Gasteiger partial charge on any atom is -0.359 e. The van der Waals surface area contributed by atoms with Gasteiger partial charge in [0.2, 0.25) is 0 Å². The molecule has 2 aromatic carbocycles. The van der Waals surface area contributed by atoms with Crippen LogP contribution in [0.25, 0.3) is 31.3 Å². The summed E-state index contributed by atoms with van der Waals surface area (Å²) >= 11 is 2.14. The number of methoxy groups -OCH3 is 1. The van der Waals surface area contributed by atoms with Crippen LogP contribution in [0.2, 0.25) is 0 Å².